The third kappa shape index (κ3) is 2.67. The molecule has 0 fully saturated rings. The van der Waals surface area contributed by atoms with Gasteiger partial charge in [-0.15, -0.1) is 0 Å². The van der Waals surface area contributed by atoms with E-state index in [-0.39, 0.29) is 5.91 Å². The van der Waals surface area contributed by atoms with Crippen molar-refractivity contribution in [3.8, 4) is 11.3 Å². The summed E-state index contributed by atoms with van der Waals surface area (Å²) in [5.41, 5.74) is 10.1. The molecule has 4 aromatic rings. The highest BCUT2D eigenvalue weighted by atomic mass is 16.1. The predicted molar refractivity (Wildman–Crippen MR) is 95.5 cm³/mol. The van der Waals surface area contributed by atoms with Gasteiger partial charge in [-0.2, -0.15) is 5.10 Å². The molecule has 1 aromatic carbocycles. The number of rotatable bonds is 4. The number of carbonyl (C=O) groups is 1. The Morgan fingerprint density at radius 2 is 2.16 bits per heavy atom. The molecule has 0 aliphatic carbocycles. The van der Waals surface area contributed by atoms with Crippen LogP contribution in [0.1, 0.15) is 19.2 Å². The fourth-order valence-electron chi connectivity index (χ4n) is 2.79. The van der Waals surface area contributed by atoms with Gasteiger partial charge in [-0.25, -0.2) is 9.97 Å². The number of benzene rings is 1. The molecule has 25 heavy (non-hydrogen) atoms. The number of fused-ring (bicyclic) bond motifs is 3. The number of nitrogens with two attached hydrogens (primary N) is 1. The second-order valence-electron chi connectivity index (χ2n) is 5.73. The maximum atomic E-state index is 11.4. The lowest BCUT2D eigenvalue weighted by atomic mass is 10.1. The van der Waals surface area contributed by atoms with E-state index in [0.717, 1.165) is 27.7 Å². The van der Waals surface area contributed by atoms with Crippen LogP contribution in [-0.2, 0) is 11.3 Å². The van der Waals surface area contributed by atoms with Gasteiger partial charge in [-0.1, -0.05) is 13.0 Å². The van der Waals surface area contributed by atoms with Gasteiger partial charge in [0.2, 0.25) is 5.91 Å². The number of H-pyrrole nitrogens is 2. The first-order valence-electron chi connectivity index (χ1n) is 8.00. The van der Waals surface area contributed by atoms with Gasteiger partial charge in [0.1, 0.15) is 11.3 Å². The first-order valence-corrected chi connectivity index (χ1v) is 8.00. The van der Waals surface area contributed by atoms with Crippen LogP contribution in [-0.4, -0.2) is 31.1 Å². The van der Waals surface area contributed by atoms with Crippen LogP contribution < -0.4 is 11.1 Å². The van der Waals surface area contributed by atoms with Crippen molar-refractivity contribution in [2.24, 2.45) is 0 Å². The number of nitrogen functional groups attached to an aromatic ring is 1. The van der Waals surface area contributed by atoms with Crippen LogP contribution in [0.3, 0.4) is 0 Å². The molecule has 3 aromatic heterocycles. The van der Waals surface area contributed by atoms with Crippen molar-refractivity contribution in [2.45, 2.75) is 19.9 Å². The van der Waals surface area contributed by atoms with Crippen LogP contribution in [0.15, 0.2) is 30.5 Å². The quantitative estimate of drug-likeness (QED) is 0.454. The Morgan fingerprint density at radius 1 is 1.28 bits per heavy atom. The summed E-state index contributed by atoms with van der Waals surface area (Å²) in [5.74, 6) is 0.972. The molecule has 0 aliphatic rings. The first-order chi connectivity index (χ1) is 12.2. The number of anilines is 1. The van der Waals surface area contributed by atoms with Crippen LogP contribution in [0.5, 0.6) is 0 Å². The van der Waals surface area contributed by atoms with E-state index in [1.807, 2.05) is 24.3 Å². The van der Waals surface area contributed by atoms with E-state index < -0.39 is 0 Å². The van der Waals surface area contributed by atoms with E-state index in [0.29, 0.717) is 30.1 Å². The number of nitrogens with one attached hydrogen (secondary N) is 3. The number of hydrogen-bond donors (Lipinski definition) is 4. The van der Waals surface area contributed by atoms with E-state index in [2.05, 4.69) is 30.5 Å². The Hall–Kier alpha value is -3.42. The van der Waals surface area contributed by atoms with E-state index in [4.69, 9.17) is 5.73 Å². The number of imidazole rings is 1. The van der Waals surface area contributed by atoms with Crippen LogP contribution in [0, 0.1) is 0 Å². The zero-order valence-corrected chi connectivity index (χ0v) is 13.6. The third-order valence-corrected chi connectivity index (χ3v) is 4.07. The summed E-state index contributed by atoms with van der Waals surface area (Å²) in [6, 6.07) is 7.80. The maximum Gasteiger partial charge on any atom is 0.220 e. The van der Waals surface area contributed by atoms with Crippen LogP contribution >= 0.6 is 0 Å². The molecule has 3 heterocycles. The number of aromatic amines is 2. The molecule has 0 atom stereocenters. The monoisotopic (exact) mass is 335 g/mol. The van der Waals surface area contributed by atoms with Crippen LogP contribution in [0.25, 0.3) is 33.2 Å². The Balaban J connectivity index is 1.80. The molecule has 4 rings (SSSR count). The lowest BCUT2D eigenvalue weighted by molar-refractivity contribution is -0.120. The normalized spacial score (nSPS) is 11.2. The molecule has 0 radical (unpaired) electrons. The van der Waals surface area contributed by atoms with Gasteiger partial charge in [0, 0.05) is 23.6 Å². The standard InChI is InChI=1S/C17H17N7O/c1-2-14(25)19-8-13-22-15-10-4-3-9(11-5-6-20-24-11)7-12(10)21-17(18)16(15)23-13/h3-7H,2,8H2,1H3,(H2,18,21)(H,19,25)(H,20,24)(H,22,23). The molecule has 0 saturated carbocycles. The third-order valence-electron chi connectivity index (χ3n) is 4.07. The minimum absolute atomic E-state index is 0.0277. The number of aromatic nitrogens is 5. The van der Waals surface area contributed by atoms with E-state index >= 15 is 0 Å². The zero-order chi connectivity index (χ0) is 17.4. The molecule has 0 aliphatic heterocycles. The summed E-state index contributed by atoms with van der Waals surface area (Å²) in [6.45, 7) is 2.13. The Kier molecular flexibility index (Phi) is 3.57. The summed E-state index contributed by atoms with van der Waals surface area (Å²) >= 11 is 0. The maximum absolute atomic E-state index is 11.4. The number of pyridine rings is 1. The van der Waals surface area contributed by atoms with Gasteiger partial charge < -0.3 is 16.0 Å². The molecular formula is C17H17N7O. The number of amides is 1. The smallest absolute Gasteiger partial charge is 0.220 e. The van der Waals surface area contributed by atoms with E-state index in [1.165, 1.54) is 0 Å². The fraction of sp³-hybridized carbons (Fsp3) is 0.176. The van der Waals surface area contributed by atoms with Crippen molar-refractivity contribution in [3.05, 3.63) is 36.3 Å². The highest BCUT2D eigenvalue weighted by molar-refractivity contribution is 6.07. The average Bonchev–Trinajstić information content (AvgIpc) is 3.29. The number of nitrogens with zero attached hydrogens (tertiary/aromatic N) is 3. The Morgan fingerprint density at radius 3 is 2.92 bits per heavy atom. The summed E-state index contributed by atoms with van der Waals surface area (Å²) in [4.78, 5) is 23.6. The lowest BCUT2D eigenvalue weighted by Gasteiger charge is -2.03. The van der Waals surface area contributed by atoms with Gasteiger partial charge in [-0.3, -0.25) is 9.89 Å². The van der Waals surface area contributed by atoms with Crippen molar-refractivity contribution in [1.29, 1.82) is 0 Å². The Bertz CT molecular complexity index is 1070. The molecule has 0 bridgehead atoms. The summed E-state index contributed by atoms with van der Waals surface area (Å²) in [6.07, 6.45) is 2.21. The SMILES string of the molecule is CCC(=O)NCc1nc2c(N)nc3cc(-c4cc[nH]n4)ccc3c2[nH]1. The summed E-state index contributed by atoms with van der Waals surface area (Å²) < 4.78 is 0. The fourth-order valence-corrected chi connectivity index (χ4v) is 2.79. The van der Waals surface area contributed by atoms with Crippen molar-refractivity contribution < 1.29 is 4.79 Å². The predicted octanol–water partition coefficient (Wildman–Crippen LogP) is 2.11. The van der Waals surface area contributed by atoms with Crippen molar-refractivity contribution >= 4 is 33.7 Å². The average molecular weight is 335 g/mol. The molecule has 0 spiro atoms. The van der Waals surface area contributed by atoms with Gasteiger partial charge in [0.05, 0.1) is 23.3 Å². The van der Waals surface area contributed by atoms with Gasteiger partial charge in [-0.05, 0) is 18.2 Å². The second kappa shape index (κ2) is 5.90. The molecule has 0 unspecified atom stereocenters. The minimum Gasteiger partial charge on any atom is -0.382 e. The largest absolute Gasteiger partial charge is 0.382 e. The molecule has 126 valence electrons. The molecule has 8 heteroatoms. The highest BCUT2D eigenvalue weighted by Crippen LogP contribution is 2.29. The molecule has 1 amide bonds. The van der Waals surface area contributed by atoms with E-state index in [1.54, 1.807) is 13.1 Å². The molecule has 0 saturated heterocycles. The van der Waals surface area contributed by atoms with Gasteiger partial charge in [0.25, 0.3) is 0 Å². The van der Waals surface area contributed by atoms with Crippen LogP contribution in [0.2, 0.25) is 0 Å². The lowest BCUT2D eigenvalue weighted by Crippen LogP contribution is -2.21. The highest BCUT2D eigenvalue weighted by Gasteiger charge is 2.13. The molecule has 8 nitrogen and oxygen atoms in total. The van der Waals surface area contributed by atoms with E-state index in [9.17, 15) is 4.79 Å². The first kappa shape index (κ1) is 15.1. The van der Waals surface area contributed by atoms with Crippen molar-refractivity contribution in [2.75, 3.05) is 5.73 Å². The Labute approximate surface area is 142 Å². The van der Waals surface area contributed by atoms with Crippen molar-refractivity contribution in [3.63, 3.8) is 0 Å². The topological polar surface area (TPSA) is 125 Å². The summed E-state index contributed by atoms with van der Waals surface area (Å²) in [5, 5.41) is 10.7. The molecular weight excluding hydrogens is 318 g/mol. The van der Waals surface area contributed by atoms with Crippen molar-refractivity contribution in [1.82, 2.24) is 30.5 Å². The summed E-state index contributed by atoms with van der Waals surface area (Å²) in [7, 11) is 0. The minimum atomic E-state index is -0.0277. The molecule has 5 N–H and O–H groups in total. The number of hydrogen-bond acceptors (Lipinski definition) is 5. The second-order valence-corrected chi connectivity index (χ2v) is 5.73. The van der Waals surface area contributed by atoms with Gasteiger partial charge in [0.15, 0.2) is 5.82 Å². The number of carbonyl (C=O) groups excluding carboxylic acids is 1. The van der Waals surface area contributed by atoms with Crippen LogP contribution in [0.4, 0.5) is 5.82 Å². The van der Waals surface area contributed by atoms with Gasteiger partial charge >= 0.3 is 0 Å². The zero-order valence-electron chi connectivity index (χ0n) is 13.6.